The number of amides is 1. The maximum Gasteiger partial charge on any atom is 0.326 e. The van der Waals surface area contributed by atoms with Crippen LogP contribution in [0.4, 0.5) is 0 Å². The normalized spacial score (nSPS) is 19.9. The molecule has 114 valence electrons. The lowest BCUT2D eigenvalue weighted by atomic mass is 10.0. The summed E-state index contributed by atoms with van der Waals surface area (Å²) in [6, 6.07) is 6.02. The van der Waals surface area contributed by atoms with E-state index >= 15 is 0 Å². The summed E-state index contributed by atoms with van der Waals surface area (Å²) < 4.78 is 5.57. The van der Waals surface area contributed by atoms with Gasteiger partial charge in [0.1, 0.15) is 11.8 Å². The van der Waals surface area contributed by atoms with Gasteiger partial charge in [0.15, 0.2) is 6.10 Å². The van der Waals surface area contributed by atoms with Crippen LogP contribution < -0.4 is 4.74 Å². The van der Waals surface area contributed by atoms with Crippen molar-refractivity contribution in [2.45, 2.75) is 38.3 Å². The first kappa shape index (κ1) is 15.6. The molecule has 1 aromatic carbocycles. The van der Waals surface area contributed by atoms with Gasteiger partial charge in [0.05, 0.1) is 0 Å². The van der Waals surface area contributed by atoms with E-state index in [2.05, 4.69) is 0 Å². The van der Waals surface area contributed by atoms with E-state index in [9.17, 15) is 14.7 Å². The number of hydrogen-bond donors (Lipinski definition) is 1. The number of rotatable bonds is 4. The van der Waals surface area contributed by atoms with Crippen LogP contribution in [0.5, 0.6) is 5.75 Å². The number of hydrogen-bond acceptors (Lipinski definition) is 3. The summed E-state index contributed by atoms with van der Waals surface area (Å²) in [6.07, 6.45) is 1.39. The number of carboxylic acid groups (broad SMARTS) is 1. The Morgan fingerprint density at radius 1 is 1.43 bits per heavy atom. The van der Waals surface area contributed by atoms with Crippen molar-refractivity contribution in [1.29, 1.82) is 0 Å². The molecule has 0 saturated carbocycles. The van der Waals surface area contributed by atoms with Gasteiger partial charge in [-0.05, 0) is 44.4 Å². The Labute approximate surface area is 128 Å². The highest BCUT2D eigenvalue weighted by Gasteiger charge is 2.34. The molecule has 0 aromatic heterocycles. The second-order valence-electron chi connectivity index (χ2n) is 5.10. The molecule has 1 aliphatic rings. The fraction of sp³-hybridized carbons (Fsp3) is 0.467. The maximum atomic E-state index is 12.4. The Bertz CT molecular complexity index is 534. The Morgan fingerprint density at radius 2 is 2.19 bits per heavy atom. The lowest BCUT2D eigenvalue weighted by molar-refractivity contribution is -0.155. The molecule has 0 aliphatic carbocycles. The summed E-state index contributed by atoms with van der Waals surface area (Å²) in [7, 11) is 0. The van der Waals surface area contributed by atoms with E-state index in [-0.39, 0.29) is 5.91 Å². The van der Waals surface area contributed by atoms with Crippen molar-refractivity contribution in [2.75, 3.05) is 6.54 Å². The second kappa shape index (κ2) is 6.80. The standard InChI is InChI=1S/C15H18ClNO4/c1-10(21-12-6-4-5-11(16)9-12)14(18)17-8-3-2-7-13(17)15(19)20/h4-6,9-10,13H,2-3,7-8H2,1H3,(H,19,20). The third kappa shape index (κ3) is 3.88. The van der Waals surface area contributed by atoms with Crippen LogP contribution in [0.15, 0.2) is 24.3 Å². The molecule has 2 atom stereocenters. The summed E-state index contributed by atoms with van der Waals surface area (Å²) in [5.74, 6) is -0.771. The number of piperidine rings is 1. The zero-order valence-electron chi connectivity index (χ0n) is 11.8. The van der Waals surface area contributed by atoms with Crippen LogP contribution in [0.1, 0.15) is 26.2 Å². The molecule has 6 heteroatoms. The van der Waals surface area contributed by atoms with E-state index in [1.54, 1.807) is 31.2 Å². The number of halogens is 1. The number of benzene rings is 1. The summed E-state index contributed by atoms with van der Waals surface area (Å²) in [5.41, 5.74) is 0. The van der Waals surface area contributed by atoms with Crippen LogP contribution in [0.25, 0.3) is 0 Å². The molecule has 0 radical (unpaired) electrons. The number of carbonyl (C=O) groups is 2. The fourth-order valence-electron chi connectivity index (χ4n) is 2.48. The highest BCUT2D eigenvalue weighted by molar-refractivity contribution is 6.30. The van der Waals surface area contributed by atoms with Crippen molar-refractivity contribution in [1.82, 2.24) is 4.90 Å². The first-order valence-corrected chi connectivity index (χ1v) is 7.32. The number of ether oxygens (including phenoxy) is 1. The summed E-state index contributed by atoms with van der Waals surface area (Å²) in [4.78, 5) is 25.1. The molecule has 5 nitrogen and oxygen atoms in total. The van der Waals surface area contributed by atoms with Crippen LogP contribution >= 0.6 is 11.6 Å². The maximum absolute atomic E-state index is 12.4. The van der Waals surface area contributed by atoms with E-state index in [1.165, 1.54) is 4.90 Å². The Morgan fingerprint density at radius 3 is 2.86 bits per heavy atom. The molecule has 1 amide bonds. The Hall–Kier alpha value is -1.75. The molecule has 1 aromatic rings. The summed E-state index contributed by atoms with van der Waals surface area (Å²) >= 11 is 5.87. The average molecular weight is 312 g/mol. The lowest BCUT2D eigenvalue weighted by Crippen LogP contribution is -2.52. The van der Waals surface area contributed by atoms with Crippen LogP contribution in [0, 0.1) is 0 Å². The largest absolute Gasteiger partial charge is 0.481 e. The predicted octanol–water partition coefficient (Wildman–Crippen LogP) is 2.57. The summed E-state index contributed by atoms with van der Waals surface area (Å²) in [6.45, 7) is 2.08. The summed E-state index contributed by atoms with van der Waals surface area (Å²) in [5, 5.41) is 9.74. The molecular weight excluding hydrogens is 294 g/mol. The fourth-order valence-corrected chi connectivity index (χ4v) is 2.66. The number of aliphatic carboxylic acids is 1. The minimum atomic E-state index is -0.960. The van der Waals surface area contributed by atoms with E-state index in [0.29, 0.717) is 23.7 Å². The molecule has 21 heavy (non-hydrogen) atoms. The average Bonchev–Trinajstić information content (AvgIpc) is 2.46. The molecule has 2 unspecified atom stereocenters. The van der Waals surface area contributed by atoms with Crippen LogP contribution in [0.3, 0.4) is 0 Å². The van der Waals surface area contributed by atoms with E-state index < -0.39 is 18.1 Å². The third-order valence-corrected chi connectivity index (χ3v) is 3.76. The zero-order valence-corrected chi connectivity index (χ0v) is 12.5. The van der Waals surface area contributed by atoms with Crippen molar-refractivity contribution < 1.29 is 19.4 Å². The SMILES string of the molecule is CC(Oc1cccc(Cl)c1)C(=O)N1CCCCC1C(=O)O. The molecular formula is C15H18ClNO4. The van der Waals surface area contributed by atoms with Gasteiger partial charge in [-0.15, -0.1) is 0 Å². The number of likely N-dealkylation sites (tertiary alicyclic amines) is 1. The first-order chi connectivity index (χ1) is 9.99. The van der Waals surface area contributed by atoms with E-state index in [1.807, 2.05) is 0 Å². The quantitative estimate of drug-likeness (QED) is 0.928. The lowest BCUT2D eigenvalue weighted by Gasteiger charge is -2.34. The van der Waals surface area contributed by atoms with Gasteiger partial charge < -0.3 is 14.7 Å². The van der Waals surface area contributed by atoms with Crippen molar-refractivity contribution in [3.8, 4) is 5.75 Å². The van der Waals surface area contributed by atoms with E-state index in [0.717, 1.165) is 12.8 Å². The van der Waals surface area contributed by atoms with Crippen molar-refractivity contribution in [3.05, 3.63) is 29.3 Å². The number of carboxylic acids is 1. The number of nitrogens with zero attached hydrogens (tertiary/aromatic N) is 1. The minimum absolute atomic E-state index is 0.304. The van der Waals surface area contributed by atoms with Gasteiger partial charge in [0, 0.05) is 11.6 Å². The highest BCUT2D eigenvalue weighted by atomic mass is 35.5. The Balaban J connectivity index is 2.05. The van der Waals surface area contributed by atoms with Gasteiger partial charge in [-0.1, -0.05) is 17.7 Å². The van der Waals surface area contributed by atoms with Crippen LogP contribution in [-0.4, -0.2) is 40.6 Å². The topological polar surface area (TPSA) is 66.8 Å². The third-order valence-electron chi connectivity index (χ3n) is 3.53. The van der Waals surface area contributed by atoms with Gasteiger partial charge in [0.2, 0.25) is 0 Å². The number of carbonyl (C=O) groups excluding carboxylic acids is 1. The van der Waals surface area contributed by atoms with Crippen LogP contribution in [0.2, 0.25) is 5.02 Å². The van der Waals surface area contributed by atoms with E-state index in [4.69, 9.17) is 16.3 Å². The molecule has 0 bridgehead atoms. The molecule has 1 heterocycles. The second-order valence-corrected chi connectivity index (χ2v) is 5.54. The zero-order chi connectivity index (χ0) is 15.4. The predicted molar refractivity (Wildman–Crippen MR) is 78.5 cm³/mol. The monoisotopic (exact) mass is 311 g/mol. The van der Waals surface area contributed by atoms with Gasteiger partial charge in [-0.25, -0.2) is 4.79 Å². The molecule has 1 aliphatic heterocycles. The van der Waals surface area contributed by atoms with Gasteiger partial charge >= 0.3 is 5.97 Å². The highest BCUT2D eigenvalue weighted by Crippen LogP contribution is 2.22. The van der Waals surface area contributed by atoms with Gasteiger partial charge in [-0.2, -0.15) is 0 Å². The molecule has 1 N–H and O–H groups in total. The van der Waals surface area contributed by atoms with Gasteiger partial charge in [-0.3, -0.25) is 4.79 Å². The van der Waals surface area contributed by atoms with Crippen molar-refractivity contribution >= 4 is 23.5 Å². The van der Waals surface area contributed by atoms with Gasteiger partial charge in [0.25, 0.3) is 5.91 Å². The van der Waals surface area contributed by atoms with Crippen LogP contribution in [-0.2, 0) is 9.59 Å². The molecule has 1 saturated heterocycles. The molecule has 0 spiro atoms. The Kier molecular flexibility index (Phi) is 5.07. The van der Waals surface area contributed by atoms with Crippen molar-refractivity contribution in [2.24, 2.45) is 0 Å². The minimum Gasteiger partial charge on any atom is -0.481 e. The smallest absolute Gasteiger partial charge is 0.326 e. The van der Waals surface area contributed by atoms with Crippen molar-refractivity contribution in [3.63, 3.8) is 0 Å². The molecule has 1 fully saturated rings. The first-order valence-electron chi connectivity index (χ1n) is 6.94. The molecule has 2 rings (SSSR count).